The van der Waals surface area contributed by atoms with E-state index < -0.39 is 5.97 Å². The van der Waals surface area contributed by atoms with Crippen LogP contribution in [0.15, 0.2) is 18.2 Å². The van der Waals surface area contributed by atoms with Crippen LogP contribution in [0.4, 0.5) is 4.39 Å². The fraction of sp³-hybridized carbons (Fsp3) is 0.429. The van der Waals surface area contributed by atoms with Gasteiger partial charge in [-0.25, -0.2) is 4.39 Å². The summed E-state index contributed by atoms with van der Waals surface area (Å²) in [5.41, 5.74) is 0.818. The van der Waals surface area contributed by atoms with E-state index >= 15 is 0 Å². The summed E-state index contributed by atoms with van der Waals surface area (Å²) in [5, 5.41) is 8.88. The number of carboxylic acids is 1. The van der Waals surface area contributed by atoms with Crippen molar-refractivity contribution in [3.63, 3.8) is 0 Å². The van der Waals surface area contributed by atoms with Crippen molar-refractivity contribution >= 4 is 23.6 Å². The molecule has 1 aromatic rings. The lowest BCUT2D eigenvalue weighted by Gasteiger charge is -2.20. The average molecular weight is 297 g/mol. The second-order valence-electron chi connectivity index (χ2n) is 4.80. The Morgan fingerprint density at radius 2 is 2.15 bits per heavy atom. The summed E-state index contributed by atoms with van der Waals surface area (Å²) >= 11 is 1.47. The summed E-state index contributed by atoms with van der Waals surface area (Å²) in [7, 11) is 0. The van der Waals surface area contributed by atoms with Gasteiger partial charge in [0.2, 0.25) is 0 Å². The second-order valence-corrected chi connectivity index (χ2v) is 5.66. The van der Waals surface area contributed by atoms with E-state index in [9.17, 15) is 14.0 Å². The average Bonchev–Trinajstić information content (AvgIpc) is 3.22. The molecule has 108 valence electrons. The predicted molar refractivity (Wildman–Crippen MR) is 75.3 cm³/mol. The van der Waals surface area contributed by atoms with E-state index in [1.165, 1.54) is 34.9 Å². The van der Waals surface area contributed by atoms with Crippen LogP contribution in [-0.4, -0.2) is 40.7 Å². The topological polar surface area (TPSA) is 57.6 Å². The van der Waals surface area contributed by atoms with Gasteiger partial charge in [0.05, 0.1) is 0 Å². The Morgan fingerprint density at radius 1 is 1.45 bits per heavy atom. The number of carbonyl (C=O) groups is 2. The lowest BCUT2D eigenvalue weighted by Crippen LogP contribution is -2.37. The van der Waals surface area contributed by atoms with Crippen molar-refractivity contribution in [2.24, 2.45) is 0 Å². The van der Waals surface area contributed by atoms with Gasteiger partial charge in [0.25, 0.3) is 5.91 Å². The molecule has 1 aliphatic carbocycles. The summed E-state index contributed by atoms with van der Waals surface area (Å²) in [6, 6.07) is 4.21. The van der Waals surface area contributed by atoms with Crippen molar-refractivity contribution in [3.8, 4) is 0 Å². The van der Waals surface area contributed by atoms with Gasteiger partial charge >= 0.3 is 5.97 Å². The van der Waals surface area contributed by atoms with Gasteiger partial charge in [-0.3, -0.25) is 9.59 Å². The van der Waals surface area contributed by atoms with Gasteiger partial charge in [-0.1, -0.05) is 0 Å². The number of aliphatic carboxylic acids is 1. The zero-order valence-corrected chi connectivity index (χ0v) is 12.0. The molecule has 1 aliphatic rings. The molecule has 6 heteroatoms. The van der Waals surface area contributed by atoms with E-state index in [0.29, 0.717) is 16.9 Å². The van der Waals surface area contributed by atoms with Crippen LogP contribution in [0.5, 0.6) is 0 Å². The molecule has 0 radical (unpaired) electrons. The molecule has 0 saturated heterocycles. The van der Waals surface area contributed by atoms with Gasteiger partial charge in [0.1, 0.15) is 12.4 Å². The zero-order chi connectivity index (χ0) is 14.7. The Bertz CT molecular complexity index is 531. The summed E-state index contributed by atoms with van der Waals surface area (Å²) in [4.78, 5) is 24.6. The van der Waals surface area contributed by atoms with Crippen LogP contribution in [0.3, 0.4) is 0 Å². The first-order chi connectivity index (χ1) is 9.52. The number of nitrogens with zero attached hydrogens (tertiary/aromatic N) is 1. The van der Waals surface area contributed by atoms with Crippen LogP contribution < -0.4 is 0 Å². The fourth-order valence-electron chi connectivity index (χ4n) is 2.04. The smallest absolute Gasteiger partial charge is 0.323 e. The van der Waals surface area contributed by atoms with E-state index in [1.807, 2.05) is 6.26 Å². The highest BCUT2D eigenvalue weighted by molar-refractivity contribution is 7.97. The molecule has 0 aliphatic heterocycles. The van der Waals surface area contributed by atoms with Crippen molar-refractivity contribution in [2.75, 3.05) is 12.8 Å². The molecule has 1 aromatic carbocycles. The van der Waals surface area contributed by atoms with E-state index in [0.717, 1.165) is 12.8 Å². The van der Waals surface area contributed by atoms with Gasteiger partial charge < -0.3 is 10.0 Å². The van der Waals surface area contributed by atoms with Crippen molar-refractivity contribution in [2.45, 2.75) is 24.6 Å². The quantitative estimate of drug-likeness (QED) is 0.876. The van der Waals surface area contributed by atoms with Crippen molar-refractivity contribution < 1.29 is 19.1 Å². The Hall–Kier alpha value is -1.56. The fourth-order valence-corrected chi connectivity index (χ4v) is 2.57. The van der Waals surface area contributed by atoms with Crippen LogP contribution in [0.2, 0.25) is 0 Å². The molecule has 1 amide bonds. The number of carbonyl (C=O) groups excluding carboxylic acids is 1. The molecule has 1 fully saturated rings. The first-order valence-electron chi connectivity index (χ1n) is 6.33. The minimum atomic E-state index is -1.03. The van der Waals surface area contributed by atoms with Crippen LogP contribution in [0.1, 0.15) is 28.8 Å². The summed E-state index contributed by atoms with van der Waals surface area (Å²) in [6.07, 6.45) is 3.52. The van der Waals surface area contributed by atoms with E-state index in [2.05, 4.69) is 0 Å². The molecule has 0 unspecified atom stereocenters. The van der Waals surface area contributed by atoms with Crippen molar-refractivity contribution in [3.05, 3.63) is 35.1 Å². The Labute approximate surface area is 121 Å². The molecule has 4 nitrogen and oxygen atoms in total. The standard InChI is InChI=1S/C14H16FNO3S/c1-20-8-10-6-9(2-5-12(10)15)14(19)16(7-13(17)18)11-3-4-11/h2,5-6,11H,3-4,7-8H2,1H3,(H,17,18). The van der Waals surface area contributed by atoms with Gasteiger partial charge in [0.15, 0.2) is 0 Å². The Kier molecular flexibility index (Phi) is 4.65. The van der Waals surface area contributed by atoms with Crippen molar-refractivity contribution in [1.29, 1.82) is 0 Å². The van der Waals surface area contributed by atoms with Crippen LogP contribution in [0.25, 0.3) is 0 Å². The van der Waals surface area contributed by atoms with Crippen LogP contribution in [0, 0.1) is 5.82 Å². The number of amides is 1. The molecule has 0 bridgehead atoms. The molecule has 1 saturated carbocycles. The molecule has 1 N–H and O–H groups in total. The second kappa shape index (κ2) is 6.26. The third-order valence-electron chi connectivity index (χ3n) is 3.15. The first kappa shape index (κ1) is 14.8. The zero-order valence-electron chi connectivity index (χ0n) is 11.1. The number of carboxylic acid groups (broad SMARTS) is 1. The first-order valence-corrected chi connectivity index (χ1v) is 7.72. The minimum absolute atomic E-state index is 0.00709. The monoisotopic (exact) mass is 297 g/mol. The van der Waals surface area contributed by atoms with Crippen molar-refractivity contribution in [1.82, 2.24) is 4.90 Å². The molecule has 0 aromatic heterocycles. The molecular formula is C14H16FNO3S. The molecular weight excluding hydrogens is 281 g/mol. The highest BCUT2D eigenvalue weighted by Crippen LogP contribution is 2.28. The lowest BCUT2D eigenvalue weighted by atomic mass is 10.1. The number of halogens is 1. The van der Waals surface area contributed by atoms with Crippen LogP contribution >= 0.6 is 11.8 Å². The molecule has 0 atom stereocenters. The largest absolute Gasteiger partial charge is 0.480 e. The number of benzene rings is 1. The number of rotatable bonds is 6. The summed E-state index contributed by atoms with van der Waals surface area (Å²) < 4.78 is 13.6. The molecule has 20 heavy (non-hydrogen) atoms. The lowest BCUT2D eigenvalue weighted by molar-refractivity contribution is -0.137. The maximum atomic E-state index is 13.6. The van der Waals surface area contributed by atoms with Gasteiger partial charge in [-0.05, 0) is 42.9 Å². The molecule has 2 rings (SSSR count). The highest BCUT2D eigenvalue weighted by atomic mass is 32.2. The predicted octanol–water partition coefficient (Wildman–Crippen LogP) is 2.38. The maximum Gasteiger partial charge on any atom is 0.323 e. The maximum absolute atomic E-state index is 13.6. The van der Waals surface area contributed by atoms with E-state index in [-0.39, 0.29) is 24.3 Å². The SMILES string of the molecule is CSCc1cc(C(=O)N(CC(=O)O)C2CC2)ccc1F. The number of hydrogen-bond acceptors (Lipinski definition) is 3. The van der Waals surface area contributed by atoms with E-state index in [4.69, 9.17) is 5.11 Å². The van der Waals surface area contributed by atoms with E-state index in [1.54, 1.807) is 0 Å². The molecule has 0 spiro atoms. The van der Waals surface area contributed by atoms with Gasteiger partial charge in [0, 0.05) is 17.4 Å². The number of hydrogen-bond donors (Lipinski definition) is 1. The normalized spacial score (nSPS) is 14.1. The summed E-state index contributed by atoms with van der Waals surface area (Å²) in [6.45, 7) is -0.307. The minimum Gasteiger partial charge on any atom is -0.480 e. The van der Waals surface area contributed by atoms with Crippen LogP contribution in [-0.2, 0) is 10.5 Å². The third kappa shape index (κ3) is 3.50. The Morgan fingerprint density at radius 3 is 2.70 bits per heavy atom. The summed E-state index contributed by atoms with van der Waals surface area (Å²) in [5.74, 6) is -1.23. The third-order valence-corrected chi connectivity index (χ3v) is 3.75. The number of thioether (sulfide) groups is 1. The molecule has 0 heterocycles. The van der Waals surface area contributed by atoms with Gasteiger partial charge in [-0.15, -0.1) is 0 Å². The Balaban J connectivity index is 2.22. The highest BCUT2D eigenvalue weighted by Gasteiger charge is 2.34. The van der Waals surface area contributed by atoms with Gasteiger partial charge in [-0.2, -0.15) is 11.8 Å².